The Morgan fingerprint density at radius 2 is 1.88 bits per heavy atom. The highest BCUT2D eigenvalue weighted by Gasteiger charge is 2.61. The van der Waals surface area contributed by atoms with E-state index >= 15 is 0 Å². The molecule has 33 heavy (non-hydrogen) atoms. The van der Waals surface area contributed by atoms with Crippen molar-refractivity contribution in [2.75, 3.05) is 7.05 Å². The van der Waals surface area contributed by atoms with Crippen molar-refractivity contribution in [3.8, 4) is 0 Å². The number of nitrogens with zero attached hydrogens (tertiary/aromatic N) is 3. The van der Waals surface area contributed by atoms with Crippen LogP contribution in [0.1, 0.15) is 51.5 Å². The Morgan fingerprint density at radius 1 is 1.09 bits per heavy atom. The largest absolute Gasteiger partial charge is 0.393 e. The lowest BCUT2D eigenvalue weighted by atomic mass is 9.47. The Bertz CT molecular complexity index is 1190. The van der Waals surface area contributed by atoms with Crippen molar-refractivity contribution in [3.63, 3.8) is 0 Å². The second-order valence-corrected chi connectivity index (χ2v) is 11.3. The first-order chi connectivity index (χ1) is 15.8. The molecule has 0 bridgehead atoms. The number of aliphatic hydroxyl groups excluding tert-OH is 1. The maximum Gasteiger partial charge on any atom is 0.246 e. The van der Waals surface area contributed by atoms with Gasteiger partial charge in [0.15, 0.2) is 0 Å². The van der Waals surface area contributed by atoms with E-state index < -0.39 is 0 Å². The van der Waals surface area contributed by atoms with Gasteiger partial charge in [-0.3, -0.25) is 14.8 Å². The van der Waals surface area contributed by atoms with E-state index in [0.29, 0.717) is 17.8 Å². The van der Waals surface area contributed by atoms with Gasteiger partial charge in [-0.2, -0.15) is 0 Å². The smallest absolute Gasteiger partial charge is 0.246 e. The number of hydrogen-bond donors (Lipinski definition) is 1. The molecule has 0 saturated heterocycles. The molecule has 1 aromatic heterocycles. The summed E-state index contributed by atoms with van der Waals surface area (Å²) in [4.78, 5) is 23.6. The van der Waals surface area contributed by atoms with Crippen LogP contribution in [0.2, 0.25) is 0 Å². The fourth-order valence-electron chi connectivity index (χ4n) is 8.10. The fourth-order valence-corrected chi connectivity index (χ4v) is 8.10. The number of aromatic nitrogens is 2. The molecule has 5 nitrogen and oxygen atoms in total. The molecule has 1 N–H and O–H groups in total. The highest BCUT2D eigenvalue weighted by molar-refractivity contribution is 5.89. The highest BCUT2D eigenvalue weighted by Crippen LogP contribution is 2.64. The van der Waals surface area contributed by atoms with Crippen molar-refractivity contribution < 1.29 is 9.90 Å². The number of hydrogen-bond acceptors (Lipinski definition) is 4. The van der Waals surface area contributed by atoms with Crippen LogP contribution in [0.3, 0.4) is 0 Å². The number of carbonyl (C=O) groups excluding carboxylic acids is 1. The second kappa shape index (κ2) is 7.23. The van der Waals surface area contributed by atoms with Gasteiger partial charge in [-0.05, 0) is 84.6 Å². The molecule has 2 aromatic rings. The molecule has 3 aliphatic carbocycles. The predicted octanol–water partition coefficient (Wildman–Crippen LogP) is 4.62. The molecule has 0 spiro atoms. The van der Waals surface area contributed by atoms with Crippen molar-refractivity contribution >= 4 is 23.0 Å². The number of rotatable bonds is 1. The standard InChI is InChI=1S/C28H33N3O2/c1-27-10-8-21-19(20(27)5-7-24(27)32)16-18(26-28(21,2)11-9-25(33)31(26)3)14-17-4-6-22-23(15-17)30-13-12-29-22/h4,6,9,11-15,19-21,24,26,32H,5,7-8,10,16H2,1-3H3/t19-,20-,21+,24?,26?,27-,28+/m0/s1. The maximum absolute atomic E-state index is 12.8. The normalized spacial score (nSPS) is 41.2. The molecule has 5 heteroatoms. The van der Waals surface area contributed by atoms with E-state index in [1.807, 2.05) is 18.0 Å². The molecule has 0 radical (unpaired) electrons. The number of fused-ring (bicyclic) bond motifs is 6. The first-order valence-corrected chi connectivity index (χ1v) is 12.4. The van der Waals surface area contributed by atoms with E-state index in [-0.39, 0.29) is 28.9 Å². The highest BCUT2D eigenvalue weighted by atomic mass is 16.3. The van der Waals surface area contributed by atoms with Crippen LogP contribution >= 0.6 is 0 Å². The van der Waals surface area contributed by atoms with Gasteiger partial charge in [0.2, 0.25) is 5.91 Å². The third-order valence-corrected chi connectivity index (χ3v) is 9.76. The first-order valence-electron chi connectivity index (χ1n) is 12.4. The Morgan fingerprint density at radius 3 is 2.70 bits per heavy atom. The molecule has 1 amide bonds. The summed E-state index contributed by atoms with van der Waals surface area (Å²) < 4.78 is 0. The number of aliphatic hydroxyl groups is 1. The maximum atomic E-state index is 12.8. The average molecular weight is 444 g/mol. The van der Waals surface area contributed by atoms with Crippen LogP contribution in [-0.2, 0) is 4.79 Å². The third kappa shape index (κ3) is 2.97. The zero-order valence-electron chi connectivity index (χ0n) is 19.7. The summed E-state index contributed by atoms with van der Waals surface area (Å²) in [7, 11) is 1.96. The molecule has 1 aromatic carbocycles. The monoisotopic (exact) mass is 443 g/mol. The molecule has 1 aliphatic heterocycles. The van der Waals surface area contributed by atoms with Crippen LogP contribution in [0.25, 0.3) is 17.1 Å². The Balaban J connectivity index is 1.47. The summed E-state index contributed by atoms with van der Waals surface area (Å²) in [5.41, 5.74) is 4.15. The molecule has 6 rings (SSSR count). The van der Waals surface area contributed by atoms with Gasteiger partial charge >= 0.3 is 0 Å². The topological polar surface area (TPSA) is 66.3 Å². The second-order valence-electron chi connectivity index (χ2n) is 11.3. The van der Waals surface area contributed by atoms with Gasteiger partial charge in [0.1, 0.15) is 0 Å². The molecule has 7 atom stereocenters. The minimum absolute atomic E-state index is 0.0219. The molecular formula is C28H33N3O2. The summed E-state index contributed by atoms with van der Waals surface area (Å²) in [6.45, 7) is 4.68. The predicted molar refractivity (Wildman–Crippen MR) is 129 cm³/mol. The minimum atomic E-state index is -0.188. The Kier molecular flexibility index (Phi) is 4.61. The zero-order chi connectivity index (χ0) is 23.0. The van der Waals surface area contributed by atoms with Crippen LogP contribution in [-0.4, -0.2) is 45.1 Å². The first kappa shape index (κ1) is 21.0. The fraction of sp³-hybridized carbons (Fsp3) is 0.536. The van der Waals surface area contributed by atoms with Gasteiger partial charge in [0, 0.05) is 24.9 Å². The van der Waals surface area contributed by atoms with Gasteiger partial charge in [-0.1, -0.05) is 32.1 Å². The van der Waals surface area contributed by atoms with Crippen LogP contribution in [0, 0.1) is 28.6 Å². The van der Waals surface area contributed by atoms with Crippen LogP contribution < -0.4 is 0 Å². The van der Waals surface area contributed by atoms with E-state index in [2.05, 4.69) is 48.1 Å². The third-order valence-electron chi connectivity index (χ3n) is 9.76. The van der Waals surface area contributed by atoms with Crippen molar-refractivity contribution in [1.82, 2.24) is 14.9 Å². The van der Waals surface area contributed by atoms with Gasteiger partial charge < -0.3 is 10.0 Å². The summed E-state index contributed by atoms with van der Waals surface area (Å²) in [6.07, 6.45) is 14.8. The number of amides is 1. The summed E-state index contributed by atoms with van der Waals surface area (Å²) >= 11 is 0. The Labute approximate surface area is 195 Å². The van der Waals surface area contributed by atoms with Crippen molar-refractivity contribution in [2.45, 2.75) is 58.1 Å². The van der Waals surface area contributed by atoms with Crippen molar-refractivity contribution in [2.24, 2.45) is 28.6 Å². The molecule has 2 heterocycles. The van der Waals surface area contributed by atoms with Crippen LogP contribution in [0.4, 0.5) is 0 Å². The van der Waals surface area contributed by atoms with Gasteiger partial charge in [-0.15, -0.1) is 0 Å². The number of benzene rings is 1. The quantitative estimate of drug-likeness (QED) is 0.698. The van der Waals surface area contributed by atoms with Gasteiger partial charge in [-0.25, -0.2) is 0 Å². The van der Waals surface area contributed by atoms with Gasteiger partial charge in [0.05, 0.1) is 23.2 Å². The minimum Gasteiger partial charge on any atom is -0.393 e. The van der Waals surface area contributed by atoms with Crippen LogP contribution in [0.5, 0.6) is 0 Å². The molecular weight excluding hydrogens is 410 g/mol. The molecule has 4 aliphatic rings. The molecule has 172 valence electrons. The van der Waals surface area contributed by atoms with Crippen molar-refractivity contribution in [1.29, 1.82) is 0 Å². The summed E-state index contributed by atoms with van der Waals surface area (Å²) in [6, 6.07) is 6.30. The SMILES string of the molecule is CN1C(=O)C=C[C@@]2(C)C1C(=Cc1ccc3nccnc3c1)C[C@@H]1[C@H]2CC[C@]2(C)C(O)CC[C@@H]12. The van der Waals surface area contributed by atoms with E-state index in [4.69, 9.17) is 0 Å². The lowest BCUT2D eigenvalue weighted by Crippen LogP contribution is -2.60. The summed E-state index contributed by atoms with van der Waals surface area (Å²) in [5, 5.41) is 10.9. The van der Waals surface area contributed by atoms with Crippen molar-refractivity contribution in [3.05, 3.63) is 53.9 Å². The van der Waals surface area contributed by atoms with E-state index in [9.17, 15) is 9.90 Å². The number of likely N-dealkylation sites (N-methyl/N-ethyl adjacent to an activating group) is 1. The molecule has 2 unspecified atom stereocenters. The van der Waals surface area contributed by atoms with Crippen LogP contribution in [0.15, 0.2) is 48.3 Å². The Hall–Kier alpha value is -2.53. The zero-order valence-corrected chi connectivity index (χ0v) is 19.7. The molecule has 3 saturated carbocycles. The lowest BCUT2D eigenvalue weighted by Gasteiger charge is -2.60. The number of carbonyl (C=O) groups is 1. The lowest BCUT2D eigenvalue weighted by molar-refractivity contribution is -0.135. The molecule has 3 fully saturated rings. The van der Waals surface area contributed by atoms with Gasteiger partial charge in [0.25, 0.3) is 0 Å². The van der Waals surface area contributed by atoms with E-state index in [1.54, 1.807) is 18.5 Å². The van der Waals surface area contributed by atoms with E-state index in [0.717, 1.165) is 48.7 Å². The average Bonchev–Trinajstić information content (AvgIpc) is 3.11. The summed E-state index contributed by atoms with van der Waals surface area (Å²) in [5.74, 6) is 1.67. The van der Waals surface area contributed by atoms with E-state index in [1.165, 1.54) is 5.57 Å².